The smallest absolute Gasteiger partial charge is 0.322 e. The molecule has 0 saturated carbocycles. The number of halogens is 1. The van der Waals surface area contributed by atoms with Crippen LogP contribution in [0.25, 0.3) is 0 Å². The number of piperazine rings is 1. The minimum Gasteiger partial charge on any atom is -0.493 e. The van der Waals surface area contributed by atoms with E-state index in [0.29, 0.717) is 43.2 Å². The van der Waals surface area contributed by atoms with Crippen LogP contribution >= 0.6 is 0 Å². The van der Waals surface area contributed by atoms with E-state index < -0.39 is 17.8 Å². The number of nitrogens with one attached hydrogen (secondary N) is 1. The molecule has 7 heteroatoms. The lowest BCUT2D eigenvalue weighted by atomic mass is 10.1. The molecule has 1 fully saturated rings. The van der Waals surface area contributed by atoms with Gasteiger partial charge in [0.2, 0.25) is 0 Å². The molecule has 0 amide bonds. The molecule has 6 nitrogen and oxygen atoms in total. The standard InChI is InChI=1S/C14H19FN2O4/c1-20-12-5-9(10(15)6-13(12)21-2)7-17-4-3-16-11(8-17)14(18)19/h5-6,11,16H,3-4,7-8H2,1-2H3,(H,18,19). The molecule has 2 N–H and O–H groups in total. The van der Waals surface area contributed by atoms with E-state index >= 15 is 0 Å². The third-order valence-electron chi connectivity index (χ3n) is 3.50. The number of carboxylic acids is 1. The summed E-state index contributed by atoms with van der Waals surface area (Å²) in [4.78, 5) is 12.9. The highest BCUT2D eigenvalue weighted by Gasteiger charge is 2.25. The van der Waals surface area contributed by atoms with E-state index in [1.807, 2.05) is 4.90 Å². The fourth-order valence-electron chi connectivity index (χ4n) is 2.38. The van der Waals surface area contributed by atoms with Gasteiger partial charge >= 0.3 is 5.97 Å². The highest BCUT2D eigenvalue weighted by molar-refractivity contribution is 5.73. The Bertz CT molecular complexity index is 524. The van der Waals surface area contributed by atoms with E-state index in [-0.39, 0.29) is 0 Å². The van der Waals surface area contributed by atoms with Crippen molar-refractivity contribution in [2.24, 2.45) is 0 Å². The van der Waals surface area contributed by atoms with Crippen molar-refractivity contribution in [2.75, 3.05) is 33.9 Å². The number of methoxy groups -OCH3 is 2. The average Bonchev–Trinajstić information content (AvgIpc) is 2.49. The molecule has 0 radical (unpaired) electrons. The Kier molecular flexibility index (Phi) is 4.98. The Morgan fingerprint density at radius 2 is 2.10 bits per heavy atom. The first-order valence-corrected chi connectivity index (χ1v) is 6.64. The number of rotatable bonds is 5. The first kappa shape index (κ1) is 15.5. The van der Waals surface area contributed by atoms with Gasteiger partial charge in [-0.3, -0.25) is 9.69 Å². The predicted octanol–water partition coefficient (Wildman–Crippen LogP) is 0.701. The normalized spacial score (nSPS) is 19.3. The number of benzene rings is 1. The van der Waals surface area contributed by atoms with Crippen LogP contribution < -0.4 is 14.8 Å². The van der Waals surface area contributed by atoms with Crippen molar-refractivity contribution in [1.82, 2.24) is 10.2 Å². The second-order valence-corrected chi connectivity index (χ2v) is 4.88. The average molecular weight is 298 g/mol. The summed E-state index contributed by atoms with van der Waals surface area (Å²) in [7, 11) is 2.94. The Balaban J connectivity index is 2.13. The molecule has 0 aliphatic carbocycles. The molecule has 1 aromatic carbocycles. The van der Waals surface area contributed by atoms with Crippen molar-refractivity contribution >= 4 is 5.97 Å². The van der Waals surface area contributed by atoms with Crippen LogP contribution in [0.15, 0.2) is 12.1 Å². The lowest BCUT2D eigenvalue weighted by molar-refractivity contribution is -0.140. The van der Waals surface area contributed by atoms with Crippen LogP contribution in [0.4, 0.5) is 4.39 Å². The summed E-state index contributed by atoms with van der Waals surface area (Å²) in [5, 5.41) is 11.9. The number of aliphatic carboxylic acids is 1. The molecule has 116 valence electrons. The maximum atomic E-state index is 14.1. The molecule has 0 bridgehead atoms. The topological polar surface area (TPSA) is 71.0 Å². The lowest BCUT2D eigenvalue weighted by Crippen LogP contribution is -2.53. The maximum Gasteiger partial charge on any atom is 0.322 e. The maximum absolute atomic E-state index is 14.1. The van der Waals surface area contributed by atoms with E-state index in [4.69, 9.17) is 14.6 Å². The fraction of sp³-hybridized carbons (Fsp3) is 0.500. The first-order chi connectivity index (χ1) is 10.0. The van der Waals surface area contributed by atoms with Gasteiger partial charge in [-0.1, -0.05) is 0 Å². The van der Waals surface area contributed by atoms with Crippen LogP contribution in [0.3, 0.4) is 0 Å². The first-order valence-electron chi connectivity index (χ1n) is 6.64. The predicted molar refractivity (Wildman–Crippen MR) is 74.2 cm³/mol. The molecule has 1 aliphatic rings. The third-order valence-corrected chi connectivity index (χ3v) is 3.50. The Hall–Kier alpha value is -1.86. The van der Waals surface area contributed by atoms with Gasteiger partial charge in [-0.05, 0) is 6.07 Å². The highest BCUT2D eigenvalue weighted by Crippen LogP contribution is 2.30. The molecule has 1 aliphatic heterocycles. The van der Waals surface area contributed by atoms with Crippen LogP contribution in [0, 0.1) is 5.82 Å². The lowest BCUT2D eigenvalue weighted by Gasteiger charge is -2.31. The highest BCUT2D eigenvalue weighted by atomic mass is 19.1. The minimum atomic E-state index is -0.896. The molecule has 0 aromatic heterocycles. The molecular weight excluding hydrogens is 279 g/mol. The van der Waals surface area contributed by atoms with E-state index in [0.717, 1.165) is 0 Å². The van der Waals surface area contributed by atoms with Crippen LogP contribution in [0.5, 0.6) is 11.5 Å². The van der Waals surface area contributed by atoms with Gasteiger partial charge in [-0.2, -0.15) is 0 Å². The van der Waals surface area contributed by atoms with E-state index in [1.54, 1.807) is 6.07 Å². The summed E-state index contributed by atoms with van der Waals surface area (Å²) in [6.45, 7) is 1.89. The molecule has 2 rings (SSSR count). The zero-order valence-corrected chi connectivity index (χ0v) is 12.1. The van der Waals surface area contributed by atoms with E-state index in [9.17, 15) is 9.18 Å². The number of carboxylic acid groups (broad SMARTS) is 1. The van der Waals surface area contributed by atoms with Crippen LogP contribution in [-0.2, 0) is 11.3 Å². The Morgan fingerprint density at radius 1 is 1.43 bits per heavy atom. The quantitative estimate of drug-likeness (QED) is 0.834. The summed E-state index contributed by atoms with van der Waals surface area (Å²) in [5.41, 5.74) is 0.457. The molecule has 21 heavy (non-hydrogen) atoms. The van der Waals surface area contributed by atoms with Gasteiger partial charge in [-0.25, -0.2) is 4.39 Å². The molecule has 1 saturated heterocycles. The van der Waals surface area contributed by atoms with Crippen molar-refractivity contribution in [3.05, 3.63) is 23.5 Å². The monoisotopic (exact) mass is 298 g/mol. The number of nitrogens with zero attached hydrogens (tertiary/aromatic N) is 1. The van der Waals surface area contributed by atoms with Crippen molar-refractivity contribution in [3.8, 4) is 11.5 Å². The number of carbonyl (C=O) groups is 1. The molecule has 1 unspecified atom stereocenters. The van der Waals surface area contributed by atoms with Gasteiger partial charge in [0, 0.05) is 37.8 Å². The largest absolute Gasteiger partial charge is 0.493 e. The van der Waals surface area contributed by atoms with Gasteiger partial charge in [0.05, 0.1) is 14.2 Å². The second-order valence-electron chi connectivity index (χ2n) is 4.88. The molecule has 1 aromatic rings. The minimum absolute atomic E-state index is 0.331. The van der Waals surface area contributed by atoms with E-state index in [2.05, 4.69) is 5.32 Å². The zero-order valence-electron chi connectivity index (χ0n) is 12.1. The van der Waals surface area contributed by atoms with Crippen molar-refractivity contribution in [3.63, 3.8) is 0 Å². The van der Waals surface area contributed by atoms with Crippen molar-refractivity contribution < 1.29 is 23.8 Å². The Labute approximate surface area is 122 Å². The van der Waals surface area contributed by atoms with Gasteiger partial charge in [-0.15, -0.1) is 0 Å². The summed E-state index contributed by atoms with van der Waals surface area (Å²) in [6.07, 6.45) is 0. The summed E-state index contributed by atoms with van der Waals surface area (Å²) < 4.78 is 24.3. The van der Waals surface area contributed by atoms with Crippen LogP contribution in [0.1, 0.15) is 5.56 Å². The van der Waals surface area contributed by atoms with Crippen LogP contribution in [-0.4, -0.2) is 55.9 Å². The van der Waals surface area contributed by atoms with Gasteiger partial charge < -0.3 is 19.9 Å². The molecule has 1 heterocycles. The summed E-state index contributed by atoms with van der Waals surface area (Å²) in [6, 6.07) is 2.25. The van der Waals surface area contributed by atoms with E-state index in [1.165, 1.54) is 20.3 Å². The molecule has 0 spiro atoms. The van der Waals surface area contributed by atoms with Gasteiger partial charge in [0.1, 0.15) is 11.9 Å². The summed E-state index contributed by atoms with van der Waals surface area (Å²) in [5.74, 6) is -0.494. The number of hydrogen-bond donors (Lipinski definition) is 2. The Morgan fingerprint density at radius 3 is 2.71 bits per heavy atom. The SMILES string of the molecule is COc1cc(F)c(CN2CCNC(C(=O)O)C2)cc1OC. The van der Waals surface area contributed by atoms with Crippen molar-refractivity contribution in [2.45, 2.75) is 12.6 Å². The third kappa shape index (κ3) is 3.62. The number of hydrogen-bond acceptors (Lipinski definition) is 5. The van der Waals surface area contributed by atoms with Crippen LogP contribution in [0.2, 0.25) is 0 Å². The number of ether oxygens (including phenoxy) is 2. The fourth-order valence-corrected chi connectivity index (χ4v) is 2.38. The van der Waals surface area contributed by atoms with Crippen molar-refractivity contribution in [1.29, 1.82) is 0 Å². The van der Waals surface area contributed by atoms with Gasteiger partial charge in [0.15, 0.2) is 11.5 Å². The molecular formula is C14H19FN2O4. The van der Waals surface area contributed by atoms with Gasteiger partial charge in [0.25, 0.3) is 0 Å². The molecule has 1 atom stereocenters. The zero-order chi connectivity index (χ0) is 15.4. The summed E-state index contributed by atoms with van der Waals surface area (Å²) >= 11 is 0. The second kappa shape index (κ2) is 6.73.